The molecule has 0 spiro atoms. The minimum atomic E-state index is -0.0302. The molecule has 0 fully saturated rings. The fourth-order valence-corrected chi connectivity index (χ4v) is 1.71. The molecule has 0 unspecified atom stereocenters. The number of phenols is 1. The molecule has 0 saturated heterocycles. The first-order chi connectivity index (χ1) is 7.97. The summed E-state index contributed by atoms with van der Waals surface area (Å²) in [4.78, 5) is 14.0. The standard InChI is InChI=1S/C14H19NO2/c1-5-8-15(10(2)3)14(17)13-7-6-12(16)9-11(13)4/h5-7,9-10,16H,1,8H2,2-4H3. The molecule has 92 valence electrons. The third-order valence-electron chi connectivity index (χ3n) is 2.65. The zero-order valence-corrected chi connectivity index (χ0v) is 10.6. The van der Waals surface area contributed by atoms with Gasteiger partial charge in [0.15, 0.2) is 0 Å². The van der Waals surface area contributed by atoms with Crippen LogP contribution in [0, 0.1) is 6.92 Å². The first kappa shape index (κ1) is 13.3. The molecule has 0 heterocycles. The van der Waals surface area contributed by atoms with Gasteiger partial charge in [-0.2, -0.15) is 0 Å². The molecule has 0 saturated carbocycles. The normalized spacial score (nSPS) is 10.4. The predicted octanol–water partition coefficient (Wildman–Crippen LogP) is 2.74. The highest BCUT2D eigenvalue weighted by Crippen LogP contribution is 2.18. The molecule has 1 N–H and O–H groups in total. The maximum atomic E-state index is 12.3. The van der Waals surface area contributed by atoms with Gasteiger partial charge in [-0.05, 0) is 44.5 Å². The van der Waals surface area contributed by atoms with Crippen LogP contribution in [0.3, 0.4) is 0 Å². The molecule has 0 atom stereocenters. The van der Waals surface area contributed by atoms with Crippen LogP contribution in [0.1, 0.15) is 29.8 Å². The zero-order chi connectivity index (χ0) is 13.0. The topological polar surface area (TPSA) is 40.5 Å². The molecule has 1 amide bonds. The van der Waals surface area contributed by atoms with E-state index in [0.717, 1.165) is 5.56 Å². The van der Waals surface area contributed by atoms with Crippen LogP contribution < -0.4 is 0 Å². The lowest BCUT2D eigenvalue weighted by Gasteiger charge is -2.26. The van der Waals surface area contributed by atoms with E-state index in [2.05, 4.69) is 6.58 Å². The third-order valence-corrected chi connectivity index (χ3v) is 2.65. The van der Waals surface area contributed by atoms with E-state index in [9.17, 15) is 9.90 Å². The van der Waals surface area contributed by atoms with Gasteiger partial charge in [0, 0.05) is 18.2 Å². The number of amides is 1. The van der Waals surface area contributed by atoms with Crippen LogP contribution in [0.25, 0.3) is 0 Å². The van der Waals surface area contributed by atoms with Crippen LogP contribution >= 0.6 is 0 Å². The molecule has 0 aliphatic rings. The van der Waals surface area contributed by atoms with Crippen LogP contribution in [-0.4, -0.2) is 28.5 Å². The Morgan fingerprint density at radius 2 is 2.18 bits per heavy atom. The number of carbonyl (C=O) groups is 1. The van der Waals surface area contributed by atoms with Crippen molar-refractivity contribution in [2.75, 3.05) is 6.54 Å². The Kier molecular flexibility index (Phi) is 4.32. The first-order valence-corrected chi connectivity index (χ1v) is 5.68. The monoisotopic (exact) mass is 233 g/mol. The molecule has 3 heteroatoms. The van der Waals surface area contributed by atoms with Gasteiger partial charge in [0.05, 0.1) is 0 Å². The molecule has 1 aromatic rings. The van der Waals surface area contributed by atoms with Gasteiger partial charge in [-0.15, -0.1) is 6.58 Å². The highest BCUT2D eigenvalue weighted by atomic mass is 16.3. The van der Waals surface area contributed by atoms with Gasteiger partial charge < -0.3 is 10.0 Å². The Bertz CT molecular complexity index is 424. The van der Waals surface area contributed by atoms with E-state index in [1.165, 1.54) is 6.07 Å². The van der Waals surface area contributed by atoms with E-state index >= 15 is 0 Å². The molecule has 0 aliphatic carbocycles. The quantitative estimate of drug-likeness (QED) is 0.812. The van der Waals surface area contributed by atoms with Crippen LogP contribution in [0.2, 0.25) is 0 Å². The number of benzene rings is 1. The fraction of sp³-hybridized carbons (Fsp3) is 0.357. The molecule has 1 aromatic carbocycles. The number of aromatic hydroxyl groups is 1. The van der Waals surface area contributed by atoms with E-state index < -0.39 is 0 Å². The van der Waals surface area contributed by atoms with Crippen LogP contribution in [0.4, 0.5) is 0 Å². The second-order valence-corrected chi connectivity index (χ2v) is 4.34. The van der Waals surface area contributed by atoms with Crippen LogP contribution in [0.5, 0.6) is 5.75 Å². The predicted molar refractivity (Wildman–Crippen MR) is 69.2 cm³/mol. The summed E-state index contributed by atoms with van der Waals surface area (Å²) in [6.45, 7) is 9.94. The number of aryl methyl sites for hydroxylation is 1. The smallest absolute Gasteiger partial charge is 0.254 e. The summed E-state index contributed by atoms with van der Waals surface area (Å²) in [6, 6.07) is 4.91. The number of carbonyl (C=O) groups excluding carboxylic acids is 1. The number of nitrogens with zero attached hydrogens (tertiary/aromatic N) is 1. The fourth-order valence-electron chi connectivity index (χ4n) is 1.71. The van der Waals surface area contributed by atoms with Crippen LogP contribution in [0.15, 0.2) is 30.9 Å². The molecule has 17 heavy (non-hydrogen) atoms. The van der Waals surface area contributed by atoms with E-state index in [1.54, 1.807) is 23.1 Å². The molecule has 0 aliphatic heterocycles. The molecule has 0 bridgehead atoms. The summed E-state index contributed by atoms with van der Waals surface area (Å²) in [7, 11) is 0. The van der Waals surface area contributed by atoms with E-state index in [1.807, 2.05) is 20.8 Å². The lowest BCUT2D eigenvalue weighted by molar-refractivity contribution is 0.0728. The van der Waals surface area contributed by atoms with Crippen LogP contribution in [-0.2, 0) is 0 Å². The molecule has 3 nitrogen and oxygen atoms in total. The van der Waals surface area contributed by atoms with Crippen molar-refractivity contribution in [3.8, 4) is 5.75 Å². The summed E-state index contributed by atoms with van der Waals surface area (Å²) >= 11 is 0. The van der Waals surface area contributed by atoms with Gasteiger partial charge in [-0.3, -0.25) is 4.79 Å². The lowest BCUT2D eigenvalue weighted by Crippen LogP contribution is -2.37. The molecule has 0 aromatic heterocycles. The van der Waals surface area contributed by atoms with Gasteiger partial charge >= 0.3 is 0 Å². The number of rotatable bonds is 4. The first-order valence-electron chi connectivity index (χ1n) is 5.68. The minimum absolute atomic E-state index is 0.0302. The van der Waals surface area contributed by atoms with Gasteiger partial charge in [0.2, 0.25) is 0 Å². The maximum absolute atomic E-state index is 12.3. The van der Waals surface area contributed by atoms with Gasteiger partial charge in [-0.25, -0.2) is 0 Å². The van der Waals surface area contributed by atoms with Crippen molar-refractivity contribution in [2.24, 2.45) is 0 Å². The highest BCUT2D eigenvalue weighted by molar-refractivity contribution is 5.96. The van der Waals surface area contributed by atoms with Crippen molar-refractivity contribution in [1.82, 2.24) is 4.90 Å². The summed E-state index contributed by atoms with van der Waals surface area (Å²) in [5.41, 5.74) is 1.41. The molecular formula is C14H19NO2. The van der Waals surface area contributed by atoms with E-state index in [-0.39, 0.29) is 17.7 Å². The Morgan fingerprint density at radius 1 is 1.53 bits per heavy atom. The Hall–Kier alpha value is -1.77. The van der Waals surface area contributed by atoms with Crippen molar-refractivity contribution in [3.63, 3.8) is 0 Å². The Labute approximate surface area is 102 Å². The van der Waals surface area contributed by atoms with Crippen molar-refractivity contribution < 1.29 is 9.90 Å². The second-order valence-electron chi connectivity index (χ2n) is 4.34. The minimum Gasteiger partial charge on any atom is -0.508 e. The Morgan fingerprint density at radius 3 is 2.65 bits per heavy atom. The SMILES string of the molecule is C=CCN(C(=O)c1ccc(O)cc1C)C(C)C. The summed E-state index contributed by atoms with van der Waals surface area (Å²) < 4.78 is 0. The van der Waals surface area contributed by atoms with Gasteiger partial charge in [-0.1, -0.05) is 6.08 Å². The van der Waals surface area contributed by atoms with E-state index in [0.29, 0.717) is 12.1 Å². The molecular weight excluding hydrogens is 214 g/mol. The van der Waals surface area contributed by atoms with E-state index in [4.69, 9.17) is 0 Å². The summed E-state index contributed by atoms with van der Waals surface area (Å²) in [5, 5.41) is 9.33. The average Bonchev–Trinajstić information content (AvgIpc) is 2.24. The number of hydrogen-bond acceptors (Lipinski definition) is 2. The zero-order valence-electron chi connectivity index (χ0n) is 10.6. The number of hydrogen-bond donors (Lipinski definition) is 1. The van der Waals surface area contributed by atoms with Crippen molar-refractivity contribution in [3.05, 3.63) is 42.0 Å². The average molecular weight is 233 g/mol. The second kappa shape index (κ2) is 5.53. The summed E-state index contributed by atoms with van der Waals surface area (Å²) in [6.07, 6.45) is 1.72. The maximum Gasteiger partial charge on any atom is 0.254 e. The van der Waals surface area contributed by atoms with Crippen molar-refractivity contribution >= 4 is 5.91 Å². The number of phenolic OH excluding ortho intramolecular Hbond substituents is 1. The third kappa shape index (κ3) is 3.09. The Balaban J connectivity index is 3.05. The largest absolute Gasteiger partial charge is 0.508 e. The van der Waals surface area contributed by atoms with Crippen molar-refractivity contribution in [1.29, 1.82) is 0 Å². The molecule has 0 radical (unpaired) electrons. The lowest BCUT2D eigenvalue weighted by atomic mass is 10.1. The summed E-state index contributed by atoms with van der Waals surface area (Å²) in [5.74, 6) is 0.149. The highest BCUT2D eigenvalue weighted by Gasteiger charge is 2.19. The molecule has 1 rings (SSSR count). The van der Waals surface area contributed by atoms with Gasteiger partial charge in [0.25, 0.3) is 5.91 Å². The van der Waals surface area contributed by atoms with Gasteiger partial charge in [0.1, 0.15) is 5.75 Å². The van der Waals surface area contributed by atoms with Crippen molar-refractivity contribution in [2.45, 2.75) is 26.8 Å².